The van der Waals surface area contributed by atoms with E-state index in [1.165, 1.54) is 0 Å². The monoisotopic (exact) mass is 353 g/mol. The molecule has 0 fully saturated rings. The molecule has 2 heterocycles. The van der Waals surface area contributed by atoms with Gasteiger partial charge in [0.15, 0.2) is 6.04 Å². The first-order chi connectivity index (χ1) is 12.5. The number of aliphatic hydroxyl groups is 1. The Kier molecular flexibility index (Phi) is 4.99. The van der Waals surface area contributed by atoms with Crippen molar-refractivity contribution in [2.75, 3.05) is 6.61 Å². The number of carbonyl (C=O) groups excluding carboxylic acids is 1. The van der Waals surface area contributed by atoms with Gasteiger partial charge in [-0.2, -0.15) is 0 Å². The number of aryl methyl sites for hydroxylation is 1. The minimum Gasteiger partial charge on any atom is -0.480 e. The van der Waals surface area contributed by atoms with Gasteiger partial charge in [-0.05, 0) is 35.7 Å². The third-order valence-electron chi connectivity index (χ3n) is 4.24. The Morgan fingerprint density at radius 2 is 2.08 bits per heavy atom. The molecule has 0 bridgehead atoms. The zero-order valence-electron chi connectivity index (χ0n) is 14.2. The van der Waals surface area contributed by atoms with Gasteiger partial charge in [0, 0.05) is 28.9 Å². The molecule has 7 heteroatoms. The second-order valence-corrected chi connectivity index (χ2v) is 5.92. The molecule has 7 nitrogen and oxygen atoms in total. The molecular formula is C19H19N3O4. The number of carboxylic acids is 1. The Hall–Kier alpha value is -3.19. The summed E-state index contributed by atoms with van der Waals surface area (Å²) in [7, 11) is 0. The van der Waals surface area contributed by atoms with Crippen LogP contribution in [0, 0.1) is 0 Å². The summed E-state index contributed by atoms with van der Waals surface area (Å²) in [5.74, 6) is -1.84. The van der Waals surface area contributed by atoms with Crippen LogP contribution < -0.4 is 5.32 Å². The van der Waals surface area contributed by atoms with Crippen LogP contribution in [0.15, 0.2) is 42.7 Å². The second-order valence-electron chi connectivity index (χ2n) is 5.92. The number of hydrogen-bond donors (Lipinski definition) is 4. The van der Waals surface area contributed by atoms with E-state index in [2.05, 4.69) is 22.2 Å². The fourth-order valence-electron chi connectivity index (χ4n) is 2.78. The summed E-state index contributed by atoms with van der Waals surface area (Å²) in [5, 5.41) is 21.3. The van der Waals surface area contributed by atoms with Crippen molar-refractivity contribution in [3.05, 3.63) is 53.9 Å². The number of nitrogens with zero attached hydrogens (tertiary/aromatic N) is 1. The number of hydrogen-bond acceptors (Lipinski definition) is 4. The largest absolute Gasteiger partial charge is 0.480 e. The summed E-state index contributed by atoms with van der Waals surface area (Å²) in [6, 6.07) is 7.53. The maximum absolute atomic E-state index is 12.3. The van der Waals surface area contributed by atoms with Gasteiger partial charge in [-0.25, -0.2) is 9.78 Å². The number of rotatable bonds is 6. The summed E-state index contributed by atoms with van der Waals surface area (Å²) in [4.78, 5) is 30.8. The lowest BCUT2D eigenvalue weighted by atomic mass is 10.0. The second kappa shape index (κ2) is 7.37. The van der Waals surface area contributed by atoms with Crippen LogP contribution in [0.5, 0.6) is 0 Å². The van der Waals surface area contributed by atoms with E-state index in [1.807, 2.05) is 18.3 Å². The molecular weight excluding hydrogens is 334 g/mol. The first-order valence-electron chi connectivity index (χ1n) is 8.24. The molecule has 4 N–H and O–H groups in total. The van der Waals surface area contributed by atoms with E-state index < -0.39 is 24.5 Å². The zero-order chi connectivity index (χ0) is 18.7. The number of aromatic amines is 1. The Bertz CT molecular complexity index is 964. The van der Waals surface area contributed by atoms with Crippen molar-refractivity contribution in [2.45, 2.75) is 19.4 Å². The van der Waals surface area contributed by atoms with E-state index in [0.717, 1.165) is 34.1 Å². The number of H-pyrrole nitrogens is 1. The van der Waals surface area contributed by atoms with Gasteiger partial charge in [0.1, 0.15) is 5.65 Å². The first kappa shape index (κ1) is 17.6. The highest BCUT2D eigenvalue weighted by molar-refractivity contribution is 5.98. The first-order valence-corrected chi connectivity index (χ1v) is 8.24. The molecule has 1 unspecified atom stereocenters. The van der Waals surface area contributed by atoms with E-state index >= 15 is 0 Å². The van der Waals surface area contributed by atoms with Crippen LogP contribution >= 0.6 is 0 Å². The fraction of sp³-hybridized carbons (Fsp3) is 0.211. The van der Waals surface area contributed by atoms with Crippen LogP contribution in [0.1, 0.15) is 22.8 Å². The Morgan fingerprint density at radius 3 is 2.77 bits per heavy atom. The quantitative estimate of drug-likeness (QED) is 0.541. The van der Waals surface area contributed by atoms with Crippen molar-refractivity contribution < 1.29 is 19.8 Å². The molecule has 0 aliphatic carbocycles. The lowest BCUT2D eigenvalue weighted by Crippen LogP contribution is -2.43. The summed E-state index contributed by atoms with van der Waals surface area (Å²) < 4.78 is 0. The molecule has 0 saturated carbocycles. The number of benzene rings is 1. The molecule has 0 saturated heterocycles. The van der Waals surface area contributed by atoms with Crippen molar-refractivity contribution in [3.8, 4) is 11.1 Å². The van der Waals surface area contributed by atoms with Crippen LogP contribution in [-0.2, 0) is 11.2 Å². The molecule has 0 spiro atoms. The van der Waals surface area contributed by atoms with Crippen molar-refractivity contribution in [3.63, 3.8) is 0 Å². The van der Waals surface area contributed by atoms with Crippen molar-refractivity contribution in [1.29, 1.82) is 0 Å². The van der Waals surface area contributed by atoms with Gasteiger partial charge < -0.3 is 20.5 Å². The Morgan fingerprint density at radius 1 is 1.27 bits per heavy atom. The SMILES string of the molecule is CCc1c[nH]c2ncc(-c3cccc(C(=O)NC(CO)C(=O)O)c3)cc12. The number of aliphatic carboxylic acids is 1. The number of aliphatic hydroxyl groups excluding tert-OH is 1. The number of amides is 1. The van der Waals surface area contributed by atoms with Crippen LogP contribution in [0.3, 0.4) is 0 Å². The Balaban J connectivity index is 1.92. The number of nitrogens with one attached hydrogen (secondary N) is 2. The maximum atomic E-state index is 12.3. The van der Waals surface area contributed by atoms with Crippen molar-refractivity contribution in [1.82, 2.24) is 15.3 Å². The molecule has 1 amide bonds. The summed E-state index contributed by atoms with van der Waals surface area (Å²) in [5.41, 5.74) is 3.94. The zero-order valence-corrected chi connectivity index (χ0v) is 14.2. The fourth-order valence-corrected chi connectivity index (χ4v) is 2.78. The average molecular weight is 353 g/mol. The smallest absolute Gasteiger partial charge is 0.328 e. The maximum Gasteiger partial charge on any atom is 0.328 e. The molecule has 26 heavy (non-hydrogen) atoms. The molecule has 1 aromatic carbocycles. The lowest BCUT2D eigenvalue weighted by Gasteiger charge is -2.12. The standard InChI is InChI=1S/C19H19N3O4/c1-2-11-8-20-17-15(11)7-14(9-21-17)12-4-3-5-13(6-12)18(24)22-16(10-23)19(25)26/h3-9,16,23H,2,10H2,1H3,(H,20,21)(H,22,24)(H,25,26). The molecule has 3 rings (SSSR count). The highest BCUT2D eigenvalue weighted by Gasteiger charge is 2.19. The molecule has 2 aromatic heterocycles. The van der Waals surface area contributed by atoms with E-state index in [4.69, 9.17) is 10.2 Å². The number of aromatic nitrogens is 2. The minimum absolute atomic E-state index is 0.312. The van der Waals surface area contributed by atoms with Crippen LogP contribution in [-0.4, -0.2) is 44.7 Å². The normalized spacial score (nSPS) is 12.1. The summed E-state index contributed by atoms with van der Waals surface area (Å²) >= 11 is 0. The van der Waals surface area contributed by atoms with Gasteiger partial charge in [-0.1, -0.05) is 19.1 Å². The third kappa shape index (κ3) is 3.43. The van der Waals surface area contributed by atoms with Crippen LogP contribution in [0.2, 0.25) is 0 Å². The summed E-state index contributed by atoms with van der Waals surface area (Å²) in [6.45, 7) is 1.40. The van der Waals surface area contributed by atoms with E-state index in [0.29, 0.717) is 5.56 Å². The topological polar surface area (TPSA) is 115 Å². The minimum atomic E-state index is -1.34. The van der Waals surface area contributed by atoms with Crippen molar-refractivity contribution in [2.24, 2.45) is 0 Å². The predicted molar refractivity (Wildman–Crippen MR) is 96.9 cm³/mol. The third-order valence-corrected chi connectivity index (χ3v) is 4.24. The highest BCUT2D eigenvalue weighted by Crippen LogP contribution is 2.25. The van der Waals surface area contributed by atoms with E-state index in [-0.39, 0.29) is 0 Å². The van der Waals surface area contributed by atoms with Crippen molar-refractivity contribution >= 4 is 22.9 Å². The number of carbonyl (C=O) groups is 2. The van der Waals surface area contributed by atoms with E-state index in [9.17, 15) is 9.59 Å². The van der Waals surface area contributed by atoms with E-state index in [1.54, 1.807) is 24.4 Å². The molecule has 1 atom stereocenters. The van der Waals surface area contributed by atoms with Gasteiger partial charge in [0.05, 0.1) is 6.61 Å². The lowest BCUT2D eigenvalue weighted by molar-refractivity contribution is -0.140. The average Bonchev–Trinajstić information content (AvgIpc) is 3.08. The number of carboxylic acid groups (broad SMARTS) is 1. The number of pyridine rings is 1. The van der Waals surface area contributed by atoms with Crippen LogP contribution in [0.25, 0.3) is 22.2 Å². The van der Waals surface area contributed by atoms with Gasteiger partial charge >= 0.3 is 5.97 Å². The number of fused-ring (bicyclic) bond motifs is 1. The van der Waals surface area contributed by atoms with Gasteiger partial charge in [-0.15, -0.1) is 0 Å². The van der Waals surface area contributed by atoms with Crippen LogP contribution in [0.4, 0.5) is 0 Å². The predicted octanol–water partition coefficient (Wildman–Crippen LogP) is 1.97. The molecule has 134 valence electrons. The summed E-state index contributed by atoms with van der Waals surface area (Å²) in [6.07, 6.45) is 4.54. The van der Waals surface area contributed by atoms with Gasteiger partial charge in [0.2, 0.25) is 0 Å². The molecule has 0 aliphatic heterocycles. The molecule has 3 aromatic rings. The Labute approximate surface area is 149 Å². The van der Waals surface area contributed by atoms with Gasteiger partial charge in [-0.3, -0.25) is 4.79 Å². The molecule has 0 radical (unpaired) electrons. The van der Waals surface area contributed by atoms with Gasteiger partial charge in [0.25, 0.3) is 5.91 Å². The molecule has 0 aliphatic rings. The highest BCUT2D eigenvalue weighted by atomic mass is 16.4.